The topological polar surface area (TPSA) is 85.9 Å². The molecular weight excluding hydrogens is 396 g/mol. The van der Waals surface area contributed by atoms with Gasteiger partial charge in [-0.05, 0) is 41.5 Å². The second-order valence-electron chi connectivity index (χ2n) is 5.99. The molecular formula is C21H12ClN2O3S-. The van der Waals surface area contributed by atoms with Crippen molar-refractivity contribution in [1.29, 1.82) is 0 Å². The first-order valence-corrected chi connectivity index (χ1v) is 9.49. The number of fused-ring (bicyclic) bond motifs is 1. The van der Waals surface area contributed by atoms with Crippen LogP contribution in [0.25, 0.3) is 32.5 Å². The first-order valence-electron chi connectivity index (χ1n) is 8.29. The number of hydrogen-bond donors (Lipinski definition) is 1. The summed E-state index contributed by atoms with van der Waals surface area (Å²) in [6.07, 6.45) is 1.71. The number of aromatic amines is 1. The first kappa shape index (κ1) is 18.2. The predicted molar refractivity (Wildman–Crippen MR) is 110 cm³/mol. The maximum Gasteiger partial charge on any atom is 0.259 e. The average molecular weight is 408 g/mol. The van der Waals surface area contributed by atoms with Crippen molar-refractivity contribution in [1.82, 2.24) is 9.97 Å². The van der Waals surface area contributed by atoms with Gasteiger partial charge < -0.3 is 14.9 Å². The highest BCUT2D eigenvalue weighted by atomic mass is 35.5. The molecule has 0 aliphatic carbocycles. The Labute approximate surface area is 168 Å². The number of rotatable bonds is 4. The Kier molecular flexibility index (Phi) is 4.81. The van der Waals surface area contributed by atoms with E-state index in [2.05, 4.69) is 9.97 Å². The standard InChI is InChI=1S/C21H13ClN2O3S/c22-16(11-14-7-9-18(28-14)12-4-2-1-3-5-12)19-23-17-10-13(21(26)27)6-8-15(17)20(25)24-19/h1-11H,(H,26,27)(H,23,24,25)/p-1/b16-11-. The van der Waals surface area contributed by atoms with E-state index in [1.807, 2.05) is 42.5 Å². The molecule has 4 rings (SSSR count). The normalized spacial score (nSPS) is 11.7. The molecule has 0 spiro atoms. The number of aromatic nitrogens is 2. The van der Waals surface area contributed by atoms with Gasteiger partial charge in [0, 0.05) is 9.75 Å². The number of H-pyrrole nitrogens is 1. The molecule has 1 N–H and O–H groups in total. The second-order valence-corrected chi connectivity index (χ2v) is 7.52. The van der Waals surface area contributed by atoms with Gasteiger partial charge in [0.05, 0.1) is 21.9 Å². The van der Waals surface area contributed by atoms with Crippen LogP contribution in [0.5, 0.6) is 0 Å². The fraction of sp³-hybridized carbons (Fsp3) is 0. The minimum Gasteiger partial charge on any atom is -0.545 e. The summed E-state index contributed by atoms with van der Waals surface area (Å²) in [5, 5.41) is 11.6. The number of aromatic carboxylic acids is 1. The van der Waals surface area contributed by atoms with Crippen LogP contribution in [0, 0.1) is 0 Å². The predicted octanol–water partition coefficient (Wildman–Crippen LogP) is 3.75. The third-order valence-electron chi connectivity index (χ3n) is 4.12. The number of carbonyl (C=O) groups is 1. The molecule has 5 nitrogen and oxygen atoms in total. The quantitative estimate of drug-likeness (QED) is 0.558. The summed E-state index contributed by atoms with van der Waals surface area (Å²) in [4.78, 5) is 32.3. The van der Waals surface area contributed by atoms with Crippen LogP contribution >= 0.6 is 22.9 Å². The van der Waals surface area contributed by atoms with Crippen molar-refractivity contribution < 1.29 is 9.90 Å². The third kappa shape index (κ3) is 3.60. The van der Waals surface area contributed by atoms with Gasteiger partial charge in [0.15, 0.2) is 5.82 Å². The van der Waals surface area contributed by atoms with Crippen LogP contribution in [-0.2, 0) is 0 Å². The molecule has 0 unspecified atom stereocenters. The molecule has 0 amide bonds. The molecule has 138 valence electrons. The highest BCUT2D eigenvalue weighted by Crippen LogP contribution is 2.31. The van der Waals surface area contributed by atoms with E-state index in [4.69, 9.17) is 11.6 Å². The van der Waals surface area contributed by atoms with E-state index < -0.39 is 11.5 Å². The molecule has 2 aromatic heterocycles. The van der Waals surface area contributed by atoms with Crippen LogP contribution in [0.3, 0.4) is 0 Å². The smallest absolute Gasteiger partial charge is 0.259 e. The lowest BCUT2D eigenvalue weighted by Crippen LogP contribution is -2.22. The minimum atomic E-state index is -1.33. The van der Waals surface area contributed by atoms with Crippen LogP contribution in [-0.4, -0.2) is 15.9 Å². The number of nitrogens with one attached hydrogen (secondary N) is 1. The Morgan fingerprint density at radius 1 is 1.11 bits per heavy atom. The fourth-order valence-corrected chi connectivity index (χ4v) is 3.99. The summed E-state index contributed by atoms with van der Waals surface area (Å²) in [5.74, 6) is -1.16. The van der Waals surface area contributed by atoms with E-state index in [-0.39, 0.29) is 27.3 Å². The van der Waals surface area contributed by atoms with Crippen LogP contribution in [0.1, 0.15) is 21.1 Å². The van der Waals surface area contributed by atoms with E-state index in [1.165, 1.54) is 18.2 Å². The summed E-state index contributed by atoms with van der Waals surface area (Å²) >= 11 is 7.93. The molecule has 4 aromatic rings. The van der Waals surface area contributed by atoms with Crippen molar-refractivity contribution >= 4 is 50.9 Å². The molecule has 0 fully saturated rings. The van der Waals surface area contributed by atoms with Crippen molar-refractivity contribution in [3.63, 3.8) is 0 Å². The summed E-state index contributed by atoms with van der Waals surface area (Å²) in [6.45, 7) is 0. The van der Waals surface area contributed by atoms with Gasteiger partial charge in [-0.3, -0.25) is 4.79 Å². The molecule has 0 atom stereocenters. The fourth-order valence-electron chi connectivity index (χ4n) is 2.76. The summed E-state index contributed by atoms with van der Waals surface area (Å²) in [5.41, 5.74) is 0.897. The first-order chi connectivity index (χ1) is 13.5. The van der Waals surface area contributed by atoms with Crippen molar-refractivity contribution in [2.24, 2.45) is 0 Å². The van der Waals surface area contributed by atoms with E-state index in [0.29, 0.717) is 0 Å². The van der Waals surface area contributed by atoms with E-state index >= 15 is 0 Å². The zero-order chi connectivity index (χ0) is 19.7. The van der Waals surface area contributed by atoms with Gasteiger partial charge >= 0.3 is 0 Å². The van der Waals surface area contributed by atoms with Gasteiger partial charge in [0.2, 0.25) is 0 Å². The number of hydrogen-bond acceptors (Lipinski definition) is 5. The van der Waals surface area contributed by atoms with Crippen molar-refractivity contribution in [2.45, 2.75) is 0 Å². The highest BCUT2D eigenvalue weighted by molar-refractivity contribution is 7.16. The zero-order valence-electron chi connectivity index (χ0n) is 14.3. The van der Waals surface area contributed by atoms with E-state index in [0.717, 1.165) is 15.3 Å². The monoisotopic (exact) mass is 407 g/mol. The molecule has 0 saturated heterocycles. The van der Waals surface area contributed by atoms with Gasteiger partial charge in [0.1, 0.15) is 0 Å². The molecule has 0 radical (unpaired) electrons. The summed E-state index contributed by atoms with van der Waals surface area (Å²) < 4.78 is 0. The number of carboxylic acids is 1. The number of benzene rings is 2. The lowest BCUT2D eigenvalue weighted by Gasteiger charge is -2.05. The minimum absolute atomic E-state index is 0.0533. The van der Waals surface area contributed by atoms with Crippen molar-refractivity contribution in [2.75, 3.05) is 0 Å². The summed E-state index contributed by atoms with van der Waals surface area (Å²) in [7, 11) is 0. The number of carbonyl (C=O) groups excluding carboxylic acids is 1. The number of carboxylic acid groups (broad SMARTS) is 1. The van der Waals surface area contributed by atoms with E-state index in [1.54, 1.807) is 17.4 Å². The Hall–Kier alpha value is -3.22. The Morgan fingerprint density at radius 3 is 2.64 bits per heavy atom. The molecule has 2 heterocycles. The van der Waals surface area contributed by atoms with Crippen LogP contribution in [0.15, 0.2) is 65.5 Å². The molecule has 2 aromatic carbocycles. The zero-order valence-corrected chi connectivity index (χ0v) is 15.9. The SMILES string of the molecule is O=C([O-])c1ccc2c(=O)[nH]c(/C(Cl)=C/c3ccc(-c4ccccc4)s3)nc2c1. The third-order valence-corrected chi connectivity index (χ3v) is 5.49. The maximum atomic E-state index is 12.3. The second kappa shape index (κ2) is 7.42. The van der Waals surface area contributed by atoms with Crippen LogP contribution < -0.4 is 10.7 Å². The van der Waals surface area contributed by atoms with Gasteiger partial charge in [-0.1, -0.05) is 48.0 Å². The van der Waals surface area contributed by atoms with Crippen LogP contribution in [0.4, 0.5) is 0 Å². The largest absolute Gasteiger partial charge is 0.545 e. The van der Waals surface area contributed by atoms with Gasteiger partial charge in [-0.2, -0.15) is 0 Å². The molecule has 0 aliphatic rings. The Morgan fingerprint density at radius 2 is 1.89 bits per heavy atom. The van der Waals surface area contributed by atoms with Gasteiger partial charge in [0.25, 0.3) is 5.56 Å². The Bertz CT molecular complexity index is 1280. The molecule has 7 heteroatoms. The highest BCUT2D eigenvalue weighted by Gasteiger charge is 2.09. The van der Waals surface area contributed by atoms with E-state index in [9.17, 15) is 14.7 Å². The van der Waals surface area contributed by atoms with Crippen molar-refractivity contribution in [3.05, 3.63) is 87.3 Å². The number of thiophene rings is 1. The maximum absolute atomic E-state index is 12.3. The van der Waals surface area contributed by atoms with Crippen molar-refractivity contribution in [3.8, 4) is 10.4 Å². The Balaban J connectivity index is 1.72. The average Bonchev–Trinajstić information content (AvgIpc) is 3.16. The number of nitrogens with zero attached hydrogens (tertiary/aromatic N) is 1. The van der Waals surface area contributed by atoms with Crippen LogP contribution in [0.2, 0.25) is 0 Å². The lowest BCUT2D eigenvalue weighted by atomic mass is 10.1. The van der Waals surface area contributed by atoms with Gasteiger partial charge in [-0.15, -0.1) is 11.3 Å². The molecule has 0 bridgehead atoms. The molecule has 28 heavy (non-hydrogen) atoms. The molecule has 0 saturated carbocycles. The molecule has 0 aliphatic heterocycles. The number of halogens is 1. The summed E-state index contributed by atoms with van der Waals surface area (Å²) in [6, 6.07) is 17.9. The lowest BCUT2D eigenvalue weighted by molar-refractivity contribution is -0.255. The van der Waals surface area contributed by atoms with Gasteiger partial charge in [-0.25, -0.2) is 4.98 Å².